The molecule has 174 valence electrons. The molecule has 1 saturated carbocycles. The van der Waals surface area contributed by atoms with Gasteiger partial charge in [0.25, 0.3) is 0 Å². The summed E-state index contributed by atoms with van der Waals surface area (Å²) in [7, 11) is 1.56. The summed E-state index contributed by atoms with van der Waals surface area (Å²) in [6.07, 6.45) is -1.31. The van der Waals surface area contributed by atoms with E-state index in [0.717, 1.165) is 37.8 Å². The molecule has 1 atom stereocenters. The number of benzene rings is 1. The number of halogens is 4. The smallest absolute Gasteiger partial charge is 0.354 e. The van der Waals surface area contributed by atoms with Gasteiger partial charge in [0.15, 0.2) is 5.82 Å². The number of amides is 4. The number of likely N-dealkylation sites (tertiary alicyclic amines) is 1. The summed E-state index contributed by atoms with van der Waals surface area (Å²) in [6.45, 7) is 0.858. The van der Waals surface area contributed by atoms with E-state index in [1.807, 2.05) is 0 Å². The second-order valence-electron chi connectivity index (χ2n) is 8.27. The first kappa shape index (κ1) is 22.2. The lowest BCUT2D eigenvalue weighted by molar-refractivity contribution is -0.137. The van der Waals surface area contributed by atoms with Crippen molar-refractivity contribution in [1.82, 2.24) is 25.4 Å². The van der Waals surface area contributed by atoms with Crippen molar-refractivity contribution in [2.24, 2.45) is 0 Å². The summed E-state index contributed by atoms with van der Waals surface area (Å²) in [5, 5.41) is 5.13. The Kier molecular flexibility index (Phi) is 5.91. The standard InChI is InChI=1S/C21H25F4N5O2/c1-26-19(31)29-8-2-3-14(11-29)30(13-5-6-13)20(32)27-10-17-18(22)15-9-12(21(23,24)25)4-7-16(15)28-17/h4,7,9,13-14,28H,2-3,5-6,8,10-11H2,1H3,(H,26,31)(H,27,32)/t14-/m1/s1. The summed E-state index contributed by atoms with van der Waals surface area (Å²) < 4.78 is 53.5. The van der Waals surface area contributed by atoms with Crippen LogP contribution in [0.4, 0.5) is 27.2 Å². The minimum Gasteiger partial charge on any atom is -0.354 e. The Morgan fingerprint density at radius 1 is 1.22 bits per heavy atom. The van der Waals surface area contributed by atoms with Crippen LogP contribution in [0.15, 0.2) is 18.2 Å². The molecule has 1 saturated heterocycles. The Morgan fingerprint density at radius 3 is 2.62 bits per heavy atom. The Hall–Kier alpha value is -2.98. The Bertz CT molecular complexity index is 1020. The molecule has 32 heavy (non-hydrogen) atoms. The van der Waals surface area contributed by atoms with Crippen LogP contribution in [0.25, 0.3) is 10.9 Å². The van der Waals surface area contributed by atoms with Gasteiger partial charge in [-0.2, -0.15) is 13.2 Å². The van der Waals surface area contributed by atoms with Crippen molar-refractivity contribution in [2.45, 2.75) is 50.5 Å². The number of carbonyl (C=O) groups is 2. The van der Waals surface area contributed by atoms with Gasteiger partial charge in [0.1, 0.15) is 0 Å². The van der Waals surface area contributed by atoms with Crippen molar-refractivity contribution in [1.29, 1.82) is 0 Å². The SMILES string of the molecule is CNC(=O)N1CCC[C@@H](N(C(=O)NCc2[nH]c3ccc(C(F)(F)F)cc3c2F)C2CC2)C1. The number of fused-ring (bicyclic) bond motifs is 1. The molecule has 2 heterocycles. The van der Waals surface area contributed by atoms with Gasteiger partial charge in [-0.05, 0) is 43.9 Å². The van der Waals surface area contributed by atoms with Crippen molar-refractivity contribution in [3.63, 3.8) is 0 Å². The highest BCUT2D eigenvalue weighted by Gasteiger charge is 2.39. The maximum atomic E-state index is 14.7. The number of rotatable bonds is 4. The van der Waals surface area contributed by atoms with Crippen molar-refractivity contribution in [3.05, 3.63) is 35.3 Å². The number of piperidine rings is 1. The van der Waals surface area contributed by atoms with E-state index in [0.29, 0.717) is 13.1 Å². The molecule has 4 rings (SSSR count). The van der Waals surface area contributed by atoms with E-state index in [1.165, 1.54) is 6.07 Å². The Labute approximate surface area is 182 Å². The molecule has 3 N–H and O–H groups in total. The highest BCUT2D eigenvalue weighted by molar-refractivity contribution is 5.82. The van der Waals surface area contributed by atoms with Crippen LogP contribution in [0.3, 0.4) is 0 Å². The molecule has 1 aromatic heterocycles. The number of nitrogens with zero attached hydrogens (tertiary/aromatic N) is 2. The molecule has 1 aliphatic carbocycles. The van der Waals surface area contributed by atoms with E-state index in [4.69, 9.17) is 0 Å². The number of aromatic amines is 1. The third kappa shape index (κ3) is 4.46. The van der Waals surface area contributed by atoms with Crippen LogP contribution in [0.1, 0.15) is 36.9 Å². The second-order valence-corrected chi connectivity index (χ2v) is 8.27. The number of hydrogen-bond acceptors (Lipinski definition) is 2. The summed E-state index contributed by atoms with van der Waals surface area (Å²) in [6, 6.07) is 2.20. The lowest BCUT2D eigenvalue weighted by Crippen LogP contribution is -2.56. The van der Waals surface area contributed by atoms with Crippen molar-refractivity contribution in [2.75, 3.05) is 20.1 Å². The zero-order valence-electron chi connectivity index (χ0n) is 17.6. The van der Waals surface area contributed by atoms with E-state index >= 15 is 0 Å². The van der Waals surface area contributed by atoms with E-state index in [2.05, 4.69) is 15.6 Å². The molecule has 4 amide bonds. The molecule has 0 spiro atoms. The van der Waals surface area contributed by atoms with E-state index in [-0.39, 0.29) is 47.3 Å². The zero-order chi connectivity index (χ0) is 23.0. The average Bonchev–Trinajstić information content (AvgIpc) is 3.55. The quantitative estimate of drug-likeness (QED) is 0.613. The maximum absolute atomic E-state index is 14.7. The molecular formula is C21H25F4N5O2. The summed E-state index contributed by atoms with van der Waals surface area (Å²) in [5.41, 5.74) is -0.692. The van der Waals surface area contributed by atoms with Crippen molar-refractivity contribution in [3.8, 4) is 0 Å². The van der Waals surface area contributed by atoms with Crippen LogP contribution < -0.4 is 10.6 Å². The predicted molar refractivity (Wildman–Crippen MR) is 109 cm³/mol. The molecule has 2 aromatic rings. The number of alkyl halides is 3. The highest BCUT2D eigenvalue weighted by Crippen LogP contribution is 2.33. The lowest BCUT2D eigenvalue weighted by atomic mass is 10.0. The lowest BCUT2D eigenvalue weighted by Gasteiger charge is -2.39. The minimum atomic E-state index is -4.57. The first-order chi connectivity index (χ1) is 15.2. The van der Waals surface area contributed by atoms with Gasteiger partial charge in [-0.3, -0.25) is 0 Å². The molecule has 2 fully saturated rings. The van der Waals surface area contributed by atoms with Crippen LogP contribution in [0, 0.1) is 5.82 Å². The topological polar surface area (TPSA) is 80.5 Å². The molecule has 1 aliphatic heterocycles. The number of urea groups is 2. The van der Waals surface area contributed by atoms with E-state index in [1.54, 1.807) is 16.8 Å². The Morgan fingerprint density at radius 2 is 1.97 bits per heavy atom. The first-order valence-corrected chi connectivity index (χ1v) is 10.6. The normalized spacial score (nSPS) is 19.2. The van der Waals surface area contributed by atoms with Gasteiger partial charge in [-0.1, -0.05) is 0 Å². The van der Waals surface area contributed by atoms with Gasteiger partial charge in [0.05, 0.1) is 23.8 Å². The molecule has 0 bridgehead atoms. The predicted octanol–water partition coefficient (Wildman–Crippen LogP) is 3.80. The summed E-state index contributed by atoms with van der Waals surface area (Å²) in [5.74, 6) is -0.812. The van der Waals surface area contributed by atoms with Gasteiger partial charge in [0, 0.05) is 37.1 Å². The van der Waals surface area contributed by atoms with E-state index < -0.39 is 17.6 Å². The van der Waals surface area contributed by atoms with Crippen LogP contribution in [0.2, 0.25) is 0 Å². The van der Waals surface area contributed by atoms with Crippen LogP contribution in [-0.4, -0.2) is 59.1 Å². The van der Waals surface area contributed by atoms with Gasteiger partial charge in [-0.15, -0.1) is 0 Å². The van der Waals surface area contributed by atoms with E-state index in [9.17, 15) is 27.2 Å². The third-order valence-corrected chi connectivity index (χ3v) is 6.02. The van der Waals surface area contributed by atoms with Gasteiger partial charge < -0.3 is 25.4 Å². The third-order valence-electron chi connectivity index (χ3n) is 6.02. The molecule has 7 nitrogen and oxygen atoms in total. The fraction of sp³-hybridized carbons (Fsp3) is 0.524. The average molecular weight is 455 g/mol. The van der Waals surface area contributed by atoms with Crippen LogP contribution >= 0.6 is 0 Å². The molecule has 0 unspecified atom stereocenters. The van der Waals surface area contributed by atoms with Gasteiger partial charge >= 0.3 is 18.2 Å². The summed E-state index contributed by atoms with van der Waals surface area (Å²) >= 11 is 0. The molecule has 2 aliphatic rings. The second kappa shape index (κ2) is 8.51. The zero-order valence-corrected chi connectivity index (χ0v) is 17.6. The maximum Gasteiger partial charge on any atom is 0.416 e. The fourth-order valence-corrected chi connectivity index (χ4v) is 4.28. The molecule has 0 radical (unpaired) electrons. The molecule has 1 aromatic carbocycles. The number of H-pyrrole nitrogens is 1. The molecular weight excluding hydrogens is 430 g/mol. The minimum absolute atomic E-state index is 0.0130. The van der Waals surface area contributed by atoms with Crippen molar-refractivity contribution < 1.29 is 27.2 Å². The van der Waals surface area contributed by atoms with Crippen LogP contribution in [-0.2, 0) is 12.7 Å². The monoisotopic (exact) mass is 455 g/mol. The molecule has 11 heteroatoms. The number of nitrogens with one attached hydrogen (secondary N) is 3. The first-order valence-electron chi connectivity index (χ1n) is 10.6. The fourth-order valence-electron chi connectivity index (χ4n) is 4.28. The number of hydrogen-bond donors (Lipinski definition) is 3. The summed E-state index contributed by atoms with van der Waals surface area (Å²) in [4.78, 5) is 31.1. The number of aromatic nitrogens is 1. The highest BCUT2D eigenvalue weighted by atomic mass is 19.4. The number of carbonyl (C=O) groups excluding carboxylic acids is 2. The van der Waals surface area contributed by atoms with Crippen molar-refractivity contribution >= 4 is 23.0 Å². The Balaban J connectivity index is 1.46. The van der Waals surface area contributed by atoms with Crippen LogP contribution in [0.5, 0.6) is 0 Å². The largest absolute Gasteiger partial charge is 0.416 e. The van der Waals surface area contributed by atoms with Gasteiger partial charge in [0.2, 0.25) is 0 Å². The van der Waals surface area contributed by atoms with Gasteiger partial charge in [-0.25, -0.2) is 14.0 Å².